The SMILES string of the molecule is O=C(O)C12[C@@H]3CC[C@H](C3)C1(C(=O)O)[C@H]1CC[C@H]2C1. The van der Waals surface area contributed by atoms with Gasteiger partial charge in [-0.25, -0.2) is 0 Å². The summed E-state index contributed by atoms with van der Waals surface area (Å²) in [7, 11) is 0. The fourth-order valence-electron chi connectivity index (χ4n) is 6.69. The number of carboxylic acids is 2. The molecule has 4 saturated carbocycles. The normalized spacial score (nSPS) is 55.8. The molecule has 0 aromatic rings. The largest absolute Gasteiger partial charge is 0.481 e. The van der Waals surface area contributed by atoms with Gasteiger partial charge in [0.2, 0.25) is 0 Å². The van der Waals surface area contributed by atoms with Crippen LogP contribution in [0.5, 0.6) is 0 Å². The molecular formula is C14H18O4. The van der Waals surface area contributed by atoms with E-state index in [0.29, 0.717) is 0 Å². The van der Waals surface area contributed by atoms with Crippen LogP contribution in [0.25, 0.3) is 0 Å². The molecule has 4 aliphatic rings. The maximum Gasteiger partial charge on any atom is 0.311 e. The molecule has 6 atom stereocenters. The Morgan fingerprint density at radius 1 is 0.722 bits per heavy atom. The fraction of sp³-hybridized carbons (Fsp3) is 0.857. The minimum atomic E-state index is -0.926. The molecule has 98 valence electrons. The Labute approximate surface area is 105 Å². The molecule has 2 unspecified atom stereocenters. The van der Waals surface area contributed by atoms with E-state index in [1.54, 1.807) is 0 Å². The van der Waals surface area contributed by atoms with Gasteiger partial charge in [-0.15, -0.1) is 0 Å². The van der Waals surface area contributed by atoms with E-state index in [0.717, 1.165) is 38.5 Å². The number of rotatable bonds is 2. The highest BCUT2D eigenvalue weighted by Gasteiger charge is 2.83. The van der Waals surface area contributed by atoms with Crippen molar-refractivity contribution in [2.45, 2.75) is 38.5 Å². The first-order valence-electron chi connectivity index (χ1n) is 7.03. The molecule has 18 heavy (non-hydrogen) atoms. The second-order valence-corrected chi connectivity index (χ2v) is 6.76. The van der Waals surface area contributed by atoms with Gasteiger partial charge in [0, 0.05) is 0 Å². The van der Waals surface area contributed by atoms with Gasteiger partial charge in [-0.05, 0) is 62.2 Å². The van der Waals surface area contributed by atoms with Crippen molar-refractivity contribution in [2.24, 2.45) is 34.5 Å². The molecule has 4 aliphatic carbocycles. The van der Waals surface area contributed by atoms with E-state index in [1.165, 1.54) is 0 Å². The topological polar surface area (TPSA) is 74.6 Å². The van der Waals surface area contributed by atoms with E-state index in [-0.39, 0.29) is 23.7 Å². The summed E-state index contributed by atoms with van der Waals surface area (Å²) < 4.78 is 0. The zero-order chi connectivity index (χ0) is 12.7. The molecule has 4 nitrogen and oxygen atoms in total. The van der Waals surface area contributed by atoms with Gasteiger partial charge in [0.25, 0.3) is 0 Å². The number of carbonyl (C=O) groups is 2. The second-order valence-electron chi connectivity index (χ2n) is 6.76. The van der Waals surface area contributed by atoms with Gasteiger partial charge in [0.1, 0.15) is 0 Å². The summed E-state index contributed by atoms with van der Waals surface area (Å²) in [4.78, 5) is 24.1. The minimum Gasteiger partial charge on any atom is -0.481 e. The predicted molar refractivity (Wildman–Crippen MR) is 61.8 cm³/mol. The summed E-state index contributed by atoms with van der Waals surface area (Å²) >= 11 is 0. The highest BCUT2D eigenvalue weighted by Crippen LogP contribution is 2.80. The Morgan fingerprint density at radius 2 is 1.00 bits per heavy atom. The van der Waals surface area contributed by atoms with Gasteiger partial charge in [0.05, 0.1) is 10.8 Å². The van der Waals surface area contributed by atoms with Crippen LogP contribution in [0.1, 0.15) is 38.5 Å². The Balaban J connectivity index is 2.00. The van der Waals surface area contributed by atoms with Crippen molar-refractivity contribution in [3.8, 4) is 0 Å². The van der Waals surface area contributed by atoms with E-state index in [2.05, 4.69) is 0 Å². The fourth-order valence-corrected chi connectivity index (χ4v) is 6.69. The highest BCUT2D eigenvalue weighted by molar-refractivity contribution is 5.90. The Bertz CT molecular complexity index is 393. The summed E-state index contributed by atoms with van der Waals surface area (Å²) in [6.07, 6.45) is 5.38. The van der Waals surface area contributed by atoms with E-state index in [4.69, 9.17) is 0 Å². The molecule has 0 saturated heterocycles. The summed E-state index contributed by atoms with van der Waals surface area (Å²) in [6.45, 7) is 0. The van der Waals surface area contributed by atoms with Crippen molar-refractivity contribution >= 4 is 11.9 Å². The number of carboxylic acid groups (broad SMARTS) is 2. The molecule has 4 heteroatoms. The molecular weight excluding hydrogens is 232 g/mol. The van der Waals surface area contributed by atoms with Crippen molar-refractivity contribution in [1.29, 1.82) is 0 Å². The maximum absolute atomic E-state index is 12.0. The molecule has 2 N–H and O–H groups in total. The third-order valence-electron chi connectivity index (χ3n) is 6.83. The molecule has 0 aliphatic heterocycles. The van der Waals surface area contributed by atoms with E-state index >= 15 is 0 Å². The minimum absolute atomic E-state index is 0.117. The summed E-state index contributed by atoms with van der Waals surface area (Å²) in [5.74, 6) is -1.16. The first-order chi connectivity index (χ1) is 8.56. The number of hydrogen-bond acceptors (Lipinski definition) is 2. The Kier molecular flexibility index (Phi) is 1.75. The van der Waals surface area contributed by atoms with Crippen LogP contribution in [0.15, 0.2) is 0 Å². The second kappa shape index (κ2) is 2.91. The first kappa shape index (κ1) is 10.8. The maximum atomic E-state index is 12.0. The third kappa shape index (κ3) is 0.757. The van der Waals surface area contributed by atoms with Crippen molar-refractivity contribution in [3.63, 3.8) is 0 Å². The predicted octanol–water partition coefficient (Wildman–Crippen LogP) is 1.99. The van der Waals surface area contributed by atoms with Crippen LogP contribution < -0.4 is 0 Å². The van der Waals surface area contributed by atoms with Crippen LogP contribution in [0.2, 0.25) is 0 Å². The lowest BCUT2D eigenvalue weighted by atomic mass is 9.50. The smallest absolute Gasteiger partial charge is 0.311 e. The monoisotopic (exact) mass is 250 g/mol. The average Bonchev–Trinajstić information content (AvgIpc) is 3.05. The highest BCUT2D eigenvalue weighted by atomic mass is 16.4. The molecule has 0 aromatic carbocycles. The zero-order valence-corrected chi connectivity index (χ0v) is 10.3. The van der Waals surface area contributed by atoms with Crippen molar-refractivity contribution in [1.82, 2.24) is 0 Å². The van der Waals surface area contributed by atoms with Crippen molar-refractivity contribution in [2.75, 3.05) is 0 Å². The van der Waals surface area contributed by atoms with Crippen LogP contribution in [0.3, 0.4) is 0 Å². The number of fused-ring (bicyclic) bond motifs is 9. The summed E-state index contributed by atoms with van der Waals surface area (Å²) in [5, 5.41) is 19.7. The molecule has 4 rings (SSSR count). The Hall–Kier alpha value is -1.06. The van der Waals surface area contributed by atoms with Gasteiger partial charge in [-0.2, -0.15) is 0 Å². The zero-order valence-electron chi connectivity index (χ0n) is 10.3. The van der Waals surface area contributed by atoms with Gasteiger partial charge >= 0.3 is 11.9 Å². The summed E-state index contributed by atoms with van der Waals surface area (Å²) in [5.41, 5.74) is -1.85. The Morgan fingerprint density at radius 3 is 1.22 bits per heavy atom. The van der Waals surface area contributed by atoms with E-state index in [1.807, 2.05) is 0 Å². The number of hydrogen-bond donors (Lipinski definition) is 2. The number of aliphatic carboxylic acids is 2. The van der Waals surface area contributed by atoms with Gasteiger partial charge in [-0.1, -0.05) is 0 Å². The third-order valence-corrected chi connectivity index (χ3v) is 6.83. The van der Waals surface area contributed by atoms with Gasteiger partial charge < -0.3 is 10.2 Å². The summed E-state index contributed by atoms with van der Waals surface area (Å²) in [6, 6.07) is 0. The molecule has 0 amide bonds. The van der Waals surface area contributed by atoms with Crippen molar-refractivity contribution in [3.05, 3.63) is 0 Å². The molecule has 0 spiro atoms. The van der Waals surface area contributed by atoms with Crippen LogP contribution >= 0.6 is 0 Å². The molecule has 4 bridgehead atoms. The molecule has 0 heterocycles. The van der Waals surface area contributed by atoms with Crippen LogP contribution in [-0.2, 0) is 9.59 Å². The lowest BCUT2D eigenvalue weighted by molar-refractivity contribution is -0.189. The van der Waals surface area contributed by atoms with Crippen LogP contribution in [0, 0.1) is 34.5 Å². The quantitative estimate of drug-likeness (QED) is 0.735. The average molecular weight is 250 g/mol. The standard InChI is InChI=1S/C14H18O4/c15-11(16)13-7-1-2-8(5-7)14(13,12(17)18)10-4-3-9(13)6-10/h7-10H,1-6H2,(H,15,16)(H,17,18)/t7-,8-,9+,10+,13?,14?. The van der Waals surface area contributed by atoms with Gasteiger partial charge in [-0.3, -0.25) is 9.59 Å². The van der Waals surface area contributed by atoms with E-state index in [9.17, 15) is 19.8 Å². The molecule has 0 aromatic heterocycles. The first-order valence-corrected chi connectivity index (χ1v) is 7.03. The van der Waals surface area contributed by atoms with E-state index < -0.39 is 22.8 Å². The lowest BCUT2D eigenvalue weighted by Crippen LogP contribution is -2.59. The lowest BCUT2D eigenvalue weighted by Gasteiger charge is -2.50. The van der Waals surface area contributed by atoms with Crippen molar-refractivity contribution < 1.29 is 19.8 Å². The van der Waals surface area contributed by atoms with Gasteiger partial charge in [0.15, 0.2) is 0 Å². The molecule has 0 radical (unpaired) electrons. The molecule has 4 fully saturated rings. The van der Waals surface area contributed by atoms with Crippen LogP contribution in [0.4, 0.5) is 0 Å². The van der Waals surface area contributed by atoms with Crippen LogP contribution in [-0.4, -0.2) is 22.2 Å².